The summed E-state index contributed by atoms with van der Waals surface area (Å²) < 4.78 is 9.85. The normalized spacial score (nSPS) is 9.27. The molecular weight excluding hydrogens is 257 g/mol. The third kappa shape index (κ3) is 10.6. The van der Waals surface area contributed by atoms with E-state index in [1.165, 1.54) is 0 Å². The number of ether oxygens (including phenoxy) is 2. The van der Waals surface area contributed by atoms with Crippen molar-refractivity contribution in [2.45, 2.75) is 19.1 Å². The number of hydrogen-bond acceptors (Lipinski definition) is 3. The van der Waals surface area contributed by atoms with E-state index in [0.717, 1.165) is 12.8 Å². The molecule has 0 aliphatic carbocycles. The number of halogens is 1. The highest BCUT2D eigenvalue weighted by Crippen LogP contribution is 1.99. The highest BCUT2D eigenvalue weighted by Gasteiger charge is 2.01. The molecule has 0 radical (unpaired) electrons. The van der Waals surface area contributed by atoms with Gasteiger partial charge in [-0.05, 0) is 24.3 Å². The Bertz CT molecular complexity index is 60.4. The minimum absolute atomic E-state index is 0.0754. The zero-order valence-electron chi connectivity index (χ0n) is 7.47. The van der Waals surface area contributed by atoms with Gasteiger partial charge in [0.1, 0.15) is 0 Å². The van der Waals surface area contributed by atoms with Gasteiger partial charge in [0.2, 0.25) is 0 Å². The van der Waals surface area contributed by atoms with Crippen molar-refractivity contribution in [3.8, 4) is 0 Å². The molecule has 3 nitrogen and oxygen atoms in total. The van der Waals surface area contributed by atoms with E-state index in [1.54, 1.807) is 14.2 Å². The zero-order valence-corrected chi connectivity index (χ0v) is 9.63. The summed E-state index contributed by atoms with van der Waals surface area (Å²) in [4.78, 5) is 1.97. The lowest BCUT2D eigenvalue weighted by molar-refractivity contribution is -0.106. The molecule has 2 N–H and O–H groups in total. The van der Waals surface area contributed by atoms with Gasteiger partial charge in [0.25, 0.3) is 0 Å². The predicted octanol–water partition coefficient (Wildman–Crippen LogP) is 1.40. The molecule has 11 heavy (non-hydrogen) atoms. The van der Waals surface area contributed by atoms with Gasteiger partial charge in [-0.3, -0.25) is 0 Å². The van der Waals surface area contributed by atoms with Crippen LogP contribution in [0.25, 0.3) is 0 Å². The van der Waals surface area contributed by atoms with Gasteiger partial charge in [-0.25, -0.2) is 0 Å². The van der Waals surface area contributed by atoms with E-state index in [9.17, 15) is 0 Å². The largest absolute Gasteiger partial charge is 0.356 e. The minimum Gasteiger partial charge on any atom is -0.356 e. The van der Waals surface area contributed by atoms with Crippen LogP contribution >= 0.6 is 22.6 Å². The average molecular weight is 275 g/mol. The average Bonchev–Trinajstić information content (AvgIpc) is 2.10. The van der Waals surface area contributed by atoms with E-state index in [1.807, 2.05) is 4.93 Å². The van der Waals surface area contributed by atoms with Crippen molar-refractivity contribution in [3.63, 3.8) is 0 Å². The smallest absolute Gasteiger partial charge is 0.156 e. The Morgan fingerprint density at radius 2 is 1.73 bits per heavy atom. The molecule has 0 aromatic heterocycles. The molecular formula is C7H18INO2. The molecule has 4 heteroatoms. The molecule has 0 fully saturated rings. The second-order valence-electron chi connectivity index (χ2n) is 1.83. The van der Waals surface area contributed by atoms with Crippen molar-refractivity contribution < 1.29 is 9.47 Å². The van der Waals surface area contributed by atoms with Gasteiger partial charge in [-0.1, -0.05) is 22.6 Å². The van der Waals surface area contributed by atoms with Crippen molar-refractivity contribution >= 4 is 22.6 Å². The molecule has 0 saturated carbocycles. The summed E-state index contributed by atoms with van der Waals surface area (Å²) in [6, 6.07) is 0. The summed E-state index contributed by atoms with van der Waals surface area (Å²) >= 11 is 2.15. The van der Waals surface area contributed by atoms with E-state index in [2.05, 4.69) is 22.6 Å². The van der Waals surface area contributed by atoms with Crippen molar-refractivity contribution in [2.24, 2.45) is 5.73 Å². The molecule has 0 amide bonds. The predicted molar refractivity (Wildman–Crippen MR) is 56.0 cm³/mol. The Balaban J connectivity index is 0. The van der Waals surface area contributed by atoms with Gasteiger partial charge < -0.3 is 15.2 Å². The molecule has 0 atom stereocenters. The number of rotatable bonds is 5. The summed E-state index contributed by atoms with van der Waals surface area (Å²) in [5.41, 5.74) is 5.28. The second-order valence-corrected chi connectivity index (χ2v) is 1.83. The Morgan fingerprint density at radius 3 is 2.00 bits per heavy atom. The molecule has 0 aromatic carbocycles. The van der Waals surface area contributed by atoms with Gasteiger partial charge in [0, 0.05) is 14.2 Å². The number of alkyl halides is 1. The van der Waals surface area contributed by atoms with Gasteiger partial charge in [0.05, 0.1) is 0 Å². The molecule has 0 heterocycles. The van der Waals surface area contributed by atoms with Crippen LogP contribution in [0.5, 0.6) is 0 Å². The van der Waals surface area contributed by atoms with Crippen LogP contribution in [0.3, 0.4) is 0 Å². The molecule has 0 unspecified atom stereocenters. The molecule has 0 spiro atoms. The van der Waals surface area contributed by atoms with Gasteiger partial charge in [-0.15, -0.1) is 0 Å². The van der Waals surface area contributed by atoms with E-state index < -0.39 is 0 Å². The minimum atomic E-state index is -0.0754. The maximum atomic E-state index is 5.28. The van der Waals surface area contributed by atoms with Gasteiger partial charge in [-0.2, -0.15) is 0 Å². The maximum absolute atomic E-state index is 5.28. The van der Waals surface area contributed by atoms with E-state index in [-0.39, 0.29) is 6.29 Å². The maximum Gasteiger partial charge on any atom is 0.156 e. The Kier molecular flexibility index (Phi) is 17.0. The Hall–Kier alpha value is 0.610. The lowest BCUT2D eigenvalue weighted by atomic mass is 10.3. The molecule has 70 valence electrons. The first-order valence-electron chi connectivity index (χ1n) is 3.48. The van der Waals surface area contributed by atoms with Gasteiger partial charge >= 0.3 is 0 Å². The van der Waals surface area contributed by atoms with Crippen LogP contribution in [0.4, 0.5) is 0 Å². The number of nitrogens with two attached hydrogens (primary N) is 1. The fourth-order valence-corrected chi connectivity index (χ4v) is 0.616. The highest BCUT2D eigenvalue weighted by atomic mass is 127. The van der Waals surface area contributed by atoms with Crippen molar-refractivity contribution in [2.75, 3.05) is 25.7 Å². The van der Waals surface area contributed by atoms with E-state index >= 15 is 0 Å². The first-order valence-corrected chi connectivity index (χ1v) is 5.64. The van der Waals surface area contributed by atoms with Crippen LogP contribution in [0, 0.1) is 0 Å². The van der Waals surface area contributed by atoms with Crippen molar-refractivity contribution in [3.05, 3.63) is 0 Å². The van der Waals surface area contributed by atoms with Crippen LogP contribution < -0.4 is 5.73 Å². The fraction of sp³-hybridized carbons (Fsp3) is 1.00. The number of hydrogen-bond donors (Lipinski definition) is 1. The summed E-state index contributed by atoms with van der Waals surface area (Å²) in [5.74, 6) is 0. The van der Waals surface area contributed by atoms with Crippen molar-refractivity contribution in [1.82, 2.24) is 0 Å². The molecule has 0 rings (SSSR count). The SMILES string of the molecule is CI.COC(CCCN)OC. The summed E-state index contributed by atoms with van der Waals surface area (Å²) in [6.45, 7) is 0.698. The summed E-state index contributed by atoms with van der Waals surface area (Å²) in [5, 5.41) is 0. The fourth-order valence-electron chi connectivity index (χ4n) is 0.616. The molecule has 0 aliphatic heterocycles. The number of methoxy groups -OCH3 is 2. The van der Waals surface area contributed by atoms with Crippen LogP contribution in [0.2, 0.25) is 0 Å². The Morgan fingerprint density at radius 1 is 1.27 bits per heavy atom. The molecule has 0 saturated heterocycles. The highest BCUT2D eigenvalue weighted by molar-refractivity contribution is 14.1. The third-order valence-corrected chi connectivity index (χ3v) is 1.17. The quantitative estimate of drug-likeness (QED) is 0.468. The molecule has 0 aromatic rings. The zero-order chi connectivity index (χ0) is 9.11. The van der Waals surface area contributed by atoms with Crippen LogP contribution in [-0.4, -0.2) is 32.0 Å². The van der Waals surface area contributed by atoms with Crippen LogP contribution in [0.15, 0.2) is 0 Å². The van der Waals surface area contributed by atoms with Crippen molar-refractivity contribution in [1.29, 1.82) is 0 Å². The van der Waals surface area contributed by atoms with Gasteiger partial charge in [0.15, 0.2) is 6.29 Å². The molecule has 0 bridgehead atoms. The first-order chi connectivity index (χ1) is 5.35. The first kappa shape index (κ1) is 14.2. The topological polar surface area (TPSA) is 44.5 Å². The van der Waals surface area contributed by atoms with E-state index in [4.69, 9.17) is 15.2 Å². The monoisotopic (exact) mass is 275 g/mol. The van der Waals surface area contributed by atoms with Crippen LogP contribution in [0.1, 0.15) is 12.8 Å². The summed E-state index contributed by atoms with van der Waals surface area (Å²) in [7, 11) is 3.26. The lowest BCUT2D eigenvalue weighted by Gasteiger charge is -2.11. The second kappa shape index (κ2) is 13.2. The van der Waals surface area contributed by atoms with Crippen LogP contribution in [-0.2, 0) is 9.47 Å². The molecule has 0 aliphatic rings. The third-order valence-electron chi connectivity index (χ3n) is 1.17. The lowest BCUT2D eigenvalue weighted by Crippen LogP contribution is -2.14. The van der Waals surface area contributed by atoms with E-state index in [0.29, 0.717) is 6.54 Å². The Labute approximate surface area is 82.8 Å². The standard InChI is InChI=1S/C6H15NO2.CH3I/c1-8-6(9-2)4-3-5-7;1-2/h6H,3-5,7H2,1-2H3;1H3. The summed E-state index contributed by atoms with van der Waals surface area (Å²) in [6.07, 6.45) is 1.75.